The number of imide groups is 1. The van der Waals surface area contributed by atoms with Gasteiger partial charge in [0.05, 0.1) is 12.6 Å². The molecule has 2 heterocycles. The standard InChI is InChI=1S/C19H35NO6Si/c1-17(2,3)26-16(22)20-12(11-23-27(9,10)18(4,5)6)13-14(15(20)21)25-19(7,8)24-13/h12-14H,11H2,1-10H3. The van der Waals surface area contributed by atoms with Gasteiger partial charge in [0.15, 0.2) is 20.2 Å². The van der Waals surface area contributed by atoms with Gasteiger partial charge in [-0.3, -0.25) is 4.79 Å². The first-order valence-corrected chi connectivity index (χ1v) is 12.4. The Morgan fingerprint density at radius 2 is 1.70 bits per heavy atom. The van der Waals surface area contributed by atoms with Crippen LogP contribution in [-0.2, 0) is 23.4 Å². The van der Waals surface area contributed by atoms with Gasteiger partial charge in [-0.15, -0.1) is 0 Å². The Kier molecular flexibility index (Phi) is 5.64. The smallest absolute Gasteiger partial charge is 0.417 e. The molecule has 0 spiro atoms. The van der Waals surface area contributed by atoms with Crippen molar-refractivity contribution in [2.45, 2.75) is 103 Å². The summed E-state index contributed by atoms with van der Waals surface area (Å²) in [6.45, 7) is 19.7. The van der Waals surface area contributed by atoms with Crippen LogP contribution in [0, 0.1) is 0 Å². The molecule has 2 aliphatic heterocycles. The molecule has 8 heteroatoms. The summed E-state index contributed by atoms with van der Waals surface area (Å²) in [6.07, 6.45) is -2.07. The summed E-state index contributed by atoms with van der Waals surface area (Å²) in [5.74, 6) is -1.30. The van der Waals surface area contributed by atoms with Gasteiger partial charge in [0.25, 0.3) is 5.91 Å². The van der Waals surface area contributed by atoms with Gasteiger partial charge >= 0.3 is 6.09 Å². The van der Waals surface area contributed by atoms with E-state index in [9.17, 15) is 9.59 Å². The first-order chi connectivity index (χ1) is 12.0. The molecule has 0 aliphatic carbocycles. The van der Waals surface area contributed by atoms with Gasteiger partial charge < -0.3 is 18.6 Å². The minimum Gasteiger partial charge on any atom is -0.443 e. The predicted molar refractivity (Wildman–Crippen MR) is 104 cm³/mol. The monoisotopic (exact) mass is 401 g/mol. The fourth-order valence-electron chi connectivity index (χ4n) is 2.92. The van der Waals surface area contributed by atoms with Crippen LogP contribution < -0.4 is 0 Å². The zero-order valence-corrected chi connectivity index (χ0v) is 19.3. The minimum absolute atomic E-state index is 0.0120. The lowest BCUT2D eigenvalue weighted by molar-refractivity contribution is -0.172. The summed E-state index contributed by atoms with van der Waals surface area (Å²) in [5.41, 5.74) is -0.707. The first kappa shape index (κ1) is 22.3. The van der Waals surface area contributed by atoms with Crippen LogP contribution in [0.3, 0.4) is 0 Å². The second-order valence-corrected chi connectivity index (χ2v) is 15.2. The lowest BCUT2D eigenvalue weighted by Crippen LogP contribution is -2.51. The van der Waals surface area contributed by atoms with Gasteiger partial charge in [0.2, 0.25) is 0 Å². The summed E-state index contributed by atoms with van der Waals surface area (Å²) in [5, 5.41) is 0.0120. The average molecular weight is 402 g/mol. The van der Waals surface area contributed by atoms with E-state index in [-0.39, 0.29) is 11.6 Å². The predicted octanol–water partition coefficient (Wildman–Crippen LogP) is 3.67. The zero-order valence-electron chi connectivity index (χ0n) is 18.3. The molecule has 3 unspecified atom stereocenters. The molecule has 2 amide bonds. The Morgan fingerprint density at radius 3 is 2.19 bits per heavy atom. The Hall–Kier alpha value is -0.963. The van der Waals surface area contributed by atoms with Crippen molar-refractivity contribution in [1.29, 1.82) is 0 Å². The number of carbonyl (C=O) groups excluding carboxylic acids is 2. The molecule has 2 saturated heterocycles. The van der Waals surface area contributed by atoms with Gasteiger partial charge in [-0.25, -0.2) is 9.69 Å². The molecule has 0 radical (unpaired) electrons. The van der Waals surface area contributed by atoms with E-state index >= 15 is 0 Å². The van der Waals surface area contributed by atoms with Gasteiger partial charge in [0.1, 0.15) is 11.7 Å². The molecule has 0 aromatic rings. The van der Waals surface area contributed by atoms with Crippen molar-refractivity contribution < 1.29 is 28.2 Å². The van der Waals surface area contributed by atoms with Crippen molar-refractivity contribution >= 4 is 20.3 Å². The fourth-order valence-corrected chi connectivity index (χ4v) is 3.95. The third-order valence-corrected chi connectivity index (χ3v) is 9.83. The van der Waals surface area contributed by atoms with Gasteiger partial charge in [-0.05, 0) is 52.8 Å². The molecular weight excluding hydrogens is 366 g/mol. The van der Waals surface area contributed by atoms with Crippen LogP contribution in [0.2, 0.25) is 18.1 Å². The lowest BCUT2D eigenvalue weighted by atomic mass is 10.1. The van der Waals surface area contributed by atoms with E-state index in [2.05, 4.69) is 33.9 Å². The van der Waals surface area contributed by atoms with Crippen LogP contribution in [0.25, 0.3) is 0 Å². The molecular formula is C19H35NO6Si. The third-order valence-electron chi connectivity index (χ3n) is 5.33. The molecule has 0 bridgehead atoms. The number of hydrogen-bond acceptors (Lipinski definition) is 6. The van der Waals surface area contributed by atoms with Crippen molar-refractivity contribution in [3.05, 3.63) is 0 Å². The number of fused-ring (bicyclic) bond motifs is 1. The third kappa shape index (κ3) is 4.72. The molecule has 7 nitrogen and oxygen atoms in total. The Balaban J connectivity index is 2.27. The molecule has 3 atom stereocenters. The fraction of sp³-hybridized carbons (Fsp3) is 0.895. The largest absolute Gasteiger partial charge is 0.443 e. The van der Waals surface area contributed by atoms with E-state index in [4.69, 9.17) is 18.6 Å². The van der Waals surface area contributed by atoms with Crippen LogP contribution in [0.4, 0.5) is 4.79 Å². The molecule has 2 aliphatic rings. The molecule has 156 valence electrons. The second kappa shape index (κ2) is 6.83. The Morgan fingerprint density at radius 1 is 1.15 bits per heavy atom. The highest BCUT2D eigenvalue weighted by Crippen LogP contribution is 2.41. The van der Waals surface area contributed by atoms with E-state index < -0.39 is 50.0 Å². The van der Waals surface area contributed by atoms with E-state index in [0.29, 0.717) is 0 Å². The summed E-state index contributed by atoms with van der Waals surface area (Å²) in [4.78, 5) is 26.8. The molecule has 0 aromatic carbocycles. The van der Waals surface area contributed by atoms with Crippen molar-refractivity contribution in [1.82, 2.24) is 4.90 Å². The van der Waals surface area contributed by atoms with E-state index in [1.54, 1.807) is 34.6 Å². The quantitative estimate of drug-likeness (QED) is 0.672. The van der Waals surface area contributed by atoms with E-state index in [1.165, 1.54) is 0 Å². The summed E-state index contributed by atoms with van der Waals surface area (Å²) >= 11 is 0. The van der Waals surface area contributed by atoms with Crippen molar-refractivity contribution in [2.75, 3.05) is 6.61 Å². The Bertz CT molecular complexity index is 604. The number of amides is 2. The van der Waals surface area contributed by atoms with Crippen LogP contribution in [0.5, 0.6) is 0 Å². The maximum absolute atomic E-state index is 12.9. The minimum atomic E-state index is -2.07. The van der Waals surface area contributed by atoms with Gasteiger partial charge in [-0.1, -0.05) is 20.8 Å². The molecule has 2 rings (SSSR count). The number of carbonyl (C=O) groups is 2. The van der Waals surface area contributed by atoms with Crippen LogP contribution >= 0.6 is 0 Å². The van der Waals surface area contributed by atoms with E-state index in [1.807, 2.05) is 0 Å². The highest BCUT2D eigenvalue weighted by Gasteiger charge is 2.60. The van der Waals surface area contributed by atoms with Gasteiger partial charge in [-0.2, -0.15) is 0 Å². The average Bonchev–Trinajstić information content (AvgIpc) is 2.86. The van der Waals surface area contributed by atoms with Crippen molar-refractivity contribution in [2.24, 2.45) is 0 Å². The van der Waals surface area contributed by atoms with E-state index in [0.717, 1.165) is 4.90 Å². The summed E-state index contributed by atoms with van der Waals surface area (Å²) in [7, 11) is -2.07. The number of nitrogens with zero attached hydrogens (tertiary/aromatic N) is 1. The van der Waals surface area contributed by atoms with Crippen molar-refractivity contribution in [3.8, 4) is 0 Å². The topological polar surface area (TPSA) is 74.3 Å². The second-order valence-electron chi connectivity index (χ2n) is 10.3. The Labute approximate surface area is 163 Å². The maximum atomic E-state index is 12.9. The lowest BCUT2D eigenvalue weighted by Gasteiger charge is -2.38. The number of hydrogen-bond donors (Lipinski definition) is 0. The zero-order chi connectivity index (χ0) is 21.0. The number of rotatable bonds is 3. The molecule has 0 N–H and O–H groups in total. The number of likely N-dealkylation sites (tertiary alicyclic amines) is 1. The van der Waals surface area contributed by atoms with Gasteiger partial charge in [0, 0.05) is 0 Å². The molecule has 27 heavy (non-hydrogen) atoms. The summed E-state index contributed by atoms with van der Waals surface area (Å²) < 4.78 is 23.5. The maximum Gasteiger partial charge on any atom is 0.417 e. The normalized spacial score (nSPS) is 28.4. The highest BCUT2D eigenvalue weighted by molar-refractivity contribution is 6.74. The SMILES string of the molecule is CC(C)(C)OC(=O)N1C(=O)C2OC(C)(C)OC2C1CO[Si](C)(C)C(C)(C)C. The first-order valence-electron chi connectivity index (χ1n) is 9.51. The van der Waals surface area contributed by atoms with Crippen molar-refractivity contribution in [3.63, 3.8) is 0 Å². The molecule has 0 aromatic heterocycles. The highest BCUT2D eigenvalue weighted by atomic mass is 28.4. The molecule has 0 saturated carbocycles. The number of ether oxygens (including phenoxy) is 3. The van der Waals surface area contributed by atoms with Crippen LogP contribution in [0.1, 0.15) is 55.4 Å². The van der Waals surface area contributed by atoms with Crippen LogP contribution in [-0.4, -0.2) is 61.5 Å². The summed E-state index contributed by atoms with van der Waals surface area (Å²) in [6, 6.07) is -0.576. The molecule has 2 fully saturated rings. The van der Waals surface area contributed by atoms with Crippen LogP contribution in [0.15, 0.2) is 0 Å².